The number of aromatic amines is 1. The number of anilines is 3. The molecule has 0 aliphatic heterocycles. The van der Waals surface area contributed by atoms with E-state index in [4.69, 9.17) is 0 Å². The molecule has 0 fully saturated rings. The molecule has 26 heavy (non-hydrogen) atoms. The number of pyridine rings is 1. The largest absolute Gasteiger partial charge is 0.326 e. The predicted octanol–water partition coefficient (Wildman–Crippen LogP) is 3.65. The average Bonchev–Trinajstić information content (AvgIpc) is 3.23. The first-order valence-corrected chi connectivity index (χ1v) is 8.92. The molecule has 0 bridgehead atoms. The summed E-state index contributed by atoms with van der Waals surface area (Å²) in [5, 5.41) is 16.5. The van der Waals surface area contributed by atoms with E-state index in [-0.39, 0.29) is 12.3 Å². The summed E-state index contributed by atoms with van der Waals surface area (Å²) in [6.45, 7) is 1.93. The van der Waals surface area contributed by atoms with Crippen LogP contribution in [0.1, 0.15) is 11.4 Å². The SMILES string of the molecule is Cc1cccc(Nc2nc(CC(=O)Nc3ccc4cn[nH]c4c3)cs2)n1. The number of rotatable bonds is 5. The van der Waals surface area contributed by atoms with Crippen molar-refractivity contribution in [2.75, 3.05) is 10.6 Å². The van der Waals surface area contributed by atoms with Crippen molar-refractivity contribution in [1.82, 2.24) is 20.2 Å². The molecule has 0 aliphatic rings. The van der Waals surface area contributed by atoms with Gasteiger partial charge in [-0.05, 0) is 37.3 Å². The molecular formula is C18H16N6OS. The molecule has 3 aromatic heterocycles. The second kappa shape index (κ2) is 6.93. The van der Waals surface area contributed by atoms with Gasteiger partial charge in [0.2, 0.25) is 5.91 Å². The number of fused-ring (bicyclic) bond motifs is 1. The number of aromatic nitrogens is 4. The van der Waals surface area contributed by atoms with Crippen molar-refractivity contribution in [3.8, 4) is 0 Å². The summed E-state index contributed by atoms with van der Waals surface area (Å²) in [5.74, 6) is 0.623. The molecular weight excluding hydrogens is 348 g/mol. The van der Waals surface area contributed by atoms with Crippen LogP contribution in [-0.4, -0.2) is 26.1 Å². The number of carbonyl (C=O) groups is 1. The van der Waals surface area contributed by atoms with Crippen LogP contribution in [0.3, 0.4) is 0 Å². The fourth-order valence-electron chi connectivity index (χ4n) is 2.55. The predicted molar refractivity (Wildman–Crippen MR) is 103 cm³/mol. The highest BCUT2D eigenvalue weighted by atomic mass is 32.1. The van der Waals surface area contributed by atoms with Gasteiger partial charge in [0, 0.05) is 22.1 Å². The van der Waals surface area contributed by atoms with Gasteiger partial charge in [0.1, 0.15) is 5.82 Å². The number of nitrogens with one attached hydrogen (secondary N) is 3. The summed E-state index contributed by atoms with van der Waals surface area (Å²) in [6, 6.07) is 11.4. The molecule has 0 unspecified atom stereocenters. The van der Waals surface area contributed by atoms with Gasteiger partial charge in [0.15, 0.2) is 5.13 Å². The Balaban J connectivity index is 1.39. The maximum absolute atomic E-state index is 12.3. The number of carbonyl (C=O) groups excluding carboxylic acids is 1. The van der Waals surface area contributed by atoms with Crippen molar-refractivity contribution in [1.29, 1.82) is 0 Å². The molecule has 0 aliphatic carbocycles. The lowest BCUT2D eigenvalue weighted by Gasteiger charge is -2.04. The van der Waals surface area contributed by atoms with Crippen molar-refractivity contribution in [3.05, 3.63) is 59.4 Å². The lowest BCUT2D eigenvalue weighted by Crippen LogP contribution is -2.14. The van der Waals surface area contributed by atoms with E-state index in [0.29, 0.717) is 10.8 Å². The van der Waals surface area contributed by atoms with Gasteiger partial charge in [-0.1, -0.05) is 6.07 Å². The molecule has 0 saturated heterocycles. The second-order valence-electron chi connectivity index (χ2n) is 5.83. The monoisotopic (exact) mass is 364 g/mol. The highest BCUT2D eigenvalue weighted by molar-refractivity contribution is 7.13. The number of benzene rings is 1. The molecule has 0 saturated carbocycles. The molecule has 1 aromatic carbocycles. The van der Waals surface area contributed by atoms with Crippen molar-refractivity contribution < 1.29 is 4.79 Å². The van der Waals surface area contributed by atoms with Gasteiger partial charge in [0.05, 0.1) is 23.8 Å². The smallest absolute Gasteiger partial charge is 0.230 e. The fraction of sp³-hybridized carbons (Fsp3) is 0.111. The van der Waals surface area contributed by atoms with Crippen LogP contribution in [0.2, 0.25) is 0 Å². The summed E-state index contributed by atoms with van der Waals surface area (Å²) < 4.78 is 0. The van der Waals surface area contributed by atoms with Crippen molar-refractivity contribution in [3.63, 3.8) is 0 Å². The third-order valence-corrected chi connectivity index (χ3v) is 4.55. The maximum atomic E-state index is 12.3. The summed E-state index contributed by atoms with van der Waals surface area (Å²) in [6.07, 6.45) is 1.95. The van der Waals surface area contributed by atoms with E-state index in [1.54, 1.807) is 6.20 Å². The first-order chi connectivity index (χ1) is 12.7. The van der Waals surface area contributed by atoms with Gasteiger partial charge in [-0.25, -0.2) is 9.97 Å². The van der Waals surface area contributed by atoms with E-state index in [9.17, 15) is 4.79 Å². The van der Waals surface area contributed by atoms with E-state index in [1.165, 1.54) is 11.3 Å². The van der Waals surface area contributed by atoms with Crippen molar-refractivity contribution in [2.45, 2.75) is 13.3 Å². The summed E-state index contributed by atoms with van der Waals surface area (Å²) in [5.41, 5.74) is 3.25. The Kier molecular flexibility index (Phi) is 4.32. The minimum Gasteiger partial charge on any atom is -0.326 e. The van der Waals surface area contributed by atoms with E-state index in [0.717, 1.165) is 28.1 Å². The molecule has 0 radical (unpaired) electrons. The zero-order valence-corrected chi connectivity index (χ0v) is 14.8. The Hall–Kier alpha value is -3.26. The Morgan fingerprint density at radius 1 is 1.23 bits per heavy atom. The molecule has 7 nitrogen and oxygen atoms in total. The normalized spacial score (nSPS) is 10.8. The quantitative estimate of drug-likeness (QED) is 0.502. The molecule has 3 heterocycles. The van der Waals surface area contributed by atoms with E-state index >= 15 is 0 Å². The maximum Gasteiger partial charge on any atom is 0.230 e. The van der Waals surface area contributed by atoms with Crippen LogP contribution >= 0.6 is 11.3 Å². The minimum atomic E-state index is -0.116. The molecule has 3 N–H and O–H groups in total. The third kappa shape index (κ3) is 3.70. The average molecular weight is 364 g/mol. The van der Waals surface area contributed by atoms with Crippen LogP contribution in [-0.2, 0) is 11.2 Å². The van der Waals surface area contributed by atoms with Crippen LogP contribution in [0.25, 0.3) is 10.9 Å². The number of hydrogen-bond acceptors (Lipinski definition) is 6. The standard InChI is InChI=1S/C18H16N6OS/c1-11-3-2-4-16(20-11)23-18-22-14(10-26-18)8-17(25)21-13-6-5-12-9-19-24-15(12)7-13/h2-7,9-10H,8H2,1H3,(H,19,24)(H,21,25)(H,20,22,23). The van der Waals surface area contributed by atoms with Crippen LogP contribution < -0.4 is 10.6 Å². The van der Waals surface area contributed by atoms with Crippen LogP contribution in [0.4, 0.5) is 16.6 Å². The molecule has 4 aromatic rings. The van der Waals surface area contributed by atoms with Gasteiger partial charge in [-0.2, -0.15) is 5.10 Å². The zero-order chi connectivity index (χ0) is 17.9. The Bertz CT molecular complexity index is 1070. The summed E-state index contributed by atoms with van der Waals surface area (Å²) in [7, 11) is 0. The first kappa shape index (κ1) is 16.2. The summed E-state index contributed by atoms with van der Waals surface area (Å²) >= 11 is 1.45. The van der Waals surface area contributed by atoms with Crippen molar-refractivity contribution >= 4 is 44.8 Å². The number of amides is 1. The topological polar surface area (TPSA) is 95.6 Å². The zero-order valence-electron chi connectivity index (χ0n) is 14.0. The number of H-pyrrole nitrogens is 1. The van der Waals surface area contributed by atoms with E-state index < -0.39 is 0 Å². The fourth-order valence-corrected chi connectivity index (χ4v) is 3.27. The Labute approximate surface area is 153 Å². The first-order valence-electron chi connectivity index (χ1n) is 8.04. The second-order valence-corrected chi connectivity index (χ2v) is 6.69. The Morgan fingerprint density at radius 2 is 2.15 bits per heavy atom. The lowest BCUT2D eigenvalue weighted by atomic mass is 10.2. The van der Waals surface area contributed by atoms with Crippen LogP contribution in [0.15, 0.2) is 48.0 Å². The number of aryl methyl sites for hydroxylation is 1. The number of nitrogens with zero attached hydrogens (tertiary/aromatic N) is 3. The molecule has 130 valence electrons. The lowest BCUT2D eigenvalue weighted by molar-refractivity contribution is -0.115. The molecule has 4 rings (SSSR count). The van der Waals surface area contributed by atoms with Gasteiger partial charge in [-0.15, -0.1) is 11.3 Å². The molecule has 1 amide bonds. The molecule has 0 spiro atoms. The van der Waals surface area contributed by atoms with Gasteiger partial charge >= 0.3 is 0 Å². The van der Waals surface area contributed by atoms with Crippen molar-refractivity contribution in [2.24, 2.45) is 0 Å². The van der Waals surface area contributed by atoms with Crippen LogP contribution in [0, 0.1) is 6.92 Å². The van der Waals surface area contributed by atoms with Gasteiger partial charge in [0.25, 0.3) is 0 Å². The third-order valence-electron chi connectivity index (χ3n) is 3.74. The highest BCUT2D eigenvalue weighted by Crippen LogP contribution is 2.21. The number of thiazole rings is 1. The minimum absolute atomic E-state index is 0.116. The molecule has 0 atom stereocenters. The Morgan fingerprint density at radius 3 is 3.04 bits per heavy atom. The van der Waals surface area contributed by atoms with E-state index in [1.807, 2.05) is 48.7 Å². The van der Waals surface area contributed by atoms with E-state index in [2.05, 4.69) is 30.8 Å². The highest BCUT2D eigenvalue weighted by Gasteiger charge is 2.09. The van der Waals surface area contributed by atoms with Gasteiger partial charge < -0.3 is 10.6 Å². The molecule has 8 heteroatoms. The summed E-state index contributed by atoms with van der Waals surface area (Å²) in [4.78, 5) is 21.1. The number of hydrogen-bond donors (Lipinski definition) is 3. The van der Waals surface area contributed by atoms with Crippen LogP contribution in [0.5, 0.6) is 0 Å². The van der Waals surface area contributed by atoms with Gasteiger partial charge in [-0.3, -0.25) is 9.89 Å².